The summed E-state index contributed by atoms with van der Waals surface area (Å²) >= 11 is 0. The lowest BCUT2D eigenvalue weighted by molar-refractivity contribution is 0.0600. The van der Waals surface area contributed by atoms with Gasteiger partial charge in [0.2, 0.25) is 0 Å². The number of carbonyl (C=O) groups is 1. The van der Waals surface area contributed by atoms with E-state index < -0.39 is 0 Å². The van der Waals surface area contributed by atoms with E-state index in [2.05, 4.69) is 11.3 Å². The van der Waals surface area contributed by atoms with Crippen LogP contribution in [-0.4, -0.2) is 13.1 Å². The first-order chi connectivity index (χ1) is 7.19. The molecule has 16 heavy (non-hydrogen) atoms. The molecule has 0 aliphatic rings. The van der Waals surface area contributed by atoms with Crippen LogP contribution >= 0.6 is 12.4 Å². The maximum Gasteiger partial charge on any atom is 0.337 e. The Kier molecular flexibility index (Phi) is 6.46. The second-order valence-corrected chi connectivity index (χ2v) is 3.24. The van der Waals surface area contributed by atoms with Crippen LogP contribution < -0.4 is 5.73 Å². The van der Waals surface area contributed by atoms with E-state index in [1.807, 2.05) is 12.1 Å². The number of methoxy groups -OCH3 is 1. The highest BCUT2D eigenvalue weighted by molar-refractivity contribution is 5.89. The number of rotatable bonds is 4. The van der Waals surface area contributed by atoms with Crippen molar-refractivity contribution in [3.05, 3.63) is 48.0 Å². The van der Waals surface area contributed by atoms with Gasteiger partial charge in [-0.1, -0.05) is 18.2 Å². The maximum absolute atomic E-state index is 11.2. The van der Waals surface area contributed by atoms with E-state index in [1.54, 1.807) is 18.2 Å². The van der Waals surface area contributed by atoms with Gasteiger partial charge in [0.15, 0.2) is 0 Å². The lowest BCUT2D eigenvalue weighted by Crippen LogP contribution is -2.09. The van der Waals surface area contributed by atoms with Crippen molar-refractivity contribution < 1.29 is 9.53 Å². The molecule has 0 saturated heterocycles. The molecule has 88 valence electrons. The van der Waals surface area contributed by atoms with Crippen molar-refractivity contribution in [2.45, 2.75) is 12.5 Å². The number of ether oxygens (including phenoxy) is 1. The van der Waals surface area contributed by atoms with Gasteiger partial charge >= 0.3 is 5.97 Å². The van der Waals surface area contributed by atoms with Crippen LogP contribution in [0.3, 0.4) is 0 Å². The van der Waals surface area contributed by atoms with Crippen molar-refractivity contribution in [2.75, 3.05) is 7.11 Å². The van der Waals surface area contributed by atoms with Gasteiger partial charge in [-0.05, 0) is 24.1 Å². The molecule has 0 heterocycles. The zero-order valence-electron chi connectivity index (χ0n) is 9.18. The van der Waals surface area contributed by atoms with Gasteiger partial charge in [-0.25, -0.2) is 4.79 Å². The summed E-state index contributed by atoms with van der Waals surface area (Å²) in [4.78, 5) is 11.2. The highest BCUT2D eigenvalue weighted by atomic mass is 35.5. The molecule has 4 heteroatoms. The number of halogens is 1. The lowest BCUT2D eigenvalue weighted by Gasteiger charge is -2.09. The van der Waals surface area contributed by atoms with Crippen LogP contribution in [0.2, 0.25) is 0 Å². The molecular weight excluding hydrogens is 226 g/mol. The monoisotopic (exact) mass is 241 g/mol. The highest BCUT2D eigenvalue weighted by Crippen LogP contribution is 2.15. The number of nitrogens with two attached hydrogens (primary N) is 1. The Balaban J connectivity index is 0.00000225. The summed E-state index contributed by atoms with van der Waals surface area (Å²) in [5, 5.41) is 0. The van der Waals surface area contributed by atoms with Crippen LogP contribution in [0.15, 0.2) is 36.9 Å². The molecule has 1 aromatic rings. The first-order valence-electron chi connectivity index (χ1n) is 4.73. The topological polar surface area (TPSA) is 52.3 Å². The van der Waals surface area contributed by atoms with Crippen molar-refractivity contribution >= 4 is 18.4 Å². The molecule has 3 nitrogen and oxygen atoms in total. The molecule has 0 aromatic heterocycles. The summed E-state index contributed by atoms with van der Waals surface area (Å²) in [6, 6.07) is 7.03. The molecule has 0 unspecified atom stereocenters. The van der Waals surface area contributed by atoms with E-state index in [-0.39, 0.29) is 24.4 Å². The first kappa shape index (κ1) is 14.7. The van der Waals surface area contributed by atoms with Crippen LogP contribution in [0.4, 0.5) is 0 Å². The quantitative estimate of drug-likeness (QED) is 0.651. The third-order valence-electron chi connectivity index (χ3n) is 2.18. The van der Waals surface area contributed by atoms with E-state index in [1.165, 1.54) is 7.11 Å². The highest BCUT2D eigenvalue weighted by Gasteiger charge is 2.07. The Morgan fingerprint density at radius 2 is 2.06 bits per heavy atom. The summed E-state index contributed by atoms with van der Waals surface area (Å²) in [5.41, 5.74) is 7.40. The number of carbonyl (C=O) groups excluding carboxylic acids is 1. The second kappa shape index (κ2) is 7.04. The number of benzene rings is 1. The largest absolute Gasteiger partial charge is 0.465 e. The van der Waals surface area contributed by atoms with Crippen LogP contribution in [0.5, 0.6) is 0 Å². The molecule has 0 spiro atoms. The van der Waals surface area contributed by atoms with Gasteiger partial charge < -0.3 is 10.5 Å². The molecule has 0 saturated carbocycles. The third kappa shape index (κ3) is 3.68. The summed E-state index contributed by atoms with van der Waals surface area (Å²) in [5.74, 6) is -0.334. The van der Waals surface area contributed by atoms with Crippen LogP contribution in [0.25, 0.3) is 0 Å². The summed E-state index contributed by atoms with van der Waals surface area (Å²) in [7, 11) is 1.36. The molecule has 0 fully saturated rings. The molecule has 0 bridgehead atoms. The smallest absolute Gasteiger partial charge is 0.337 e. The van der Waals surface area contributed by atoms with E-state index in [4.69, 9.17) is 5.73 Å². The molecule has 0 aliphatic heterocycles. The van der Waals surface area contributed by atoms with Crippen molar-refractivity contribution in [3.8, 4) is 0 Å². The fraction of sp³-hybridized carbons (Fsp3) is 0.250. The van der Waals surface area contributed by atoms with Gasteiger partial charge in [0.25, 0.3) is 0 Å². The van der Waals surface area contributed by atoms with E-state index >= 15 is 0 Å². The fourth-order valence-corrected chi connectivity index (χ4v) is 1.30. The van der Waals surface area contributed by atoms with Gasteiger partial charge in [0.05, 0.1) is 12.7 Å². The predicted octanol–water partition coefficient (Wildman–Crippen LogP) is 2.47. The minimum atomic E-state index is -0.334. The number of hydrogen-bond donors (Lipinski definition) is 1. The summed E-state index contributed by atoms with van der Waals surface area (Å²) in [6.07, 6.45) is 2.50. The Hall–Kier alpha value is -1.32. The molecule has 0 radical (unpaired) electrons. The number of esters is 1. The Morgan fingerprint density at radius 3 is 2.50 bits per heavy atom. The molecule has 2 N–H and O–H groups in total. The van der Waals surface area contributed by atoms with E-state index in [9.17, 15) is 4.79 Å². The van der Waals surface area contributed by atoms with Crippen molar-refractivity contribution in [1.29, 1.82) is 0 Å². The third-order valence-corrected chi connectivity index (χ3v) is 2.18. The van der Waals surface area contributed by atoms with Crippen LogP contribution in [0.1, 0.15) is 28.4 Å². The van der Waals surface area contributed by atoms with Crippen molar-refractivity contribution in [3.63, 3.8) is 0 Å². The van der Waals surface area contributed by atoms with Crippen molar-refractivity contribution in [2.24, 2.45) is 5.73 Å². The van der Waals surface area contributed by atoms with E-state index in [0.717, 1.165) is 12.0 Å². The normalized spacial score (nSPS) is 11.1. The van der Waals surface area contributed by atoms with Gasteiger partial charge in [0, 0.05) is 6.04 Å². The number of hydrogen-bond acceptors (Lipinski definition) is 3. The molecule has 1 aromatic carbocycles. The zero-order valence-corrected chi connectivity index (χ0v) is 10.00. The Bertz CT molecular complexity index is 349. The lowest BCUT2D eigenvalue weighted by atomic mass is 10.0. The van der Waals surface area contributed by atoms with Gasteiger partial charge in [-0.15, -0.1) is 19.0 Å². The minimum absolute atomic E-state index is 0. The maximum atomic E-state index is 11.2. The van der Waals surface area contributed by atoms with Crippen LogP contribution in [0, 0.1) is 0 Å². The first-order valence-corrected chi connectivity index (χ1v) is 4.73. The van der Waals surface area contributed by atoms with Gasteiger partial charge in [0.1, 0.15) is 0 Å². The minimum Gasteiger partial charge on any atom is -0.465 e. The molecule has 1 rings (SSSR count). The Morgan fingerprint density at radius 1 is 1.50 bits per heavy atom. The molecular formula is C12H16ClNO2. The zero-order chi connectivity index (χ0) is 11.3. The molecule has 0 aliphatic carbocycles. The van der Waals surface area contributed by atoms with Gasteiger partial charge in [-0.3, -0.25) is 0 Å². The predicted molar refractivity (Wildman–Crippen MR) is 66.8 cm³/mol. The summed E-state index contributed by atoms with van der Waals surface area (Å²) < 4.78 is 4.60. The van der Waals surface area contributed by atoms with E-state index in [0.29, 0.717) is 5.56 Å². The average molecular weight is 242 g/mol. The second-order valence-electron chi connectivity index (χ2n) is 3.24. The van der Waals surface area contributed by atoms with Gasteiger partial charge in [-0.2, -0.15) is 0 Å². The standard InChI is InChI=1S/C12H15NO2.ClH/c1-3-4-11(13)9-5-7-10(8-6-9)12(14)15-2;/h3,5-8,11H,1,4,13H2,2H3;1H/t11-;/m1./s1. The SMILES string of the molecule is C=CC[C@@H](N)c1ccc(C(=O)OC)cc1.Cl. The Labute approximate surface area is 102 Å². The van der Waals surface area contributed by atoms with Crippen molar-refractivity contribution in [1.82, 2.24) is 0 Å². The summed E-state index contributed by atoms with van der Waals surface area (Å²) in [6.45, 7) is 3.63. The fourth-order valence-electron chi connectivity index (χ4n) is 1.30. The van der Waals surface area contributed by atoms with Crippen LogP contribution in [-0.2, 0) is 4.74 Å². The average Bonchev–Trinajstić information content (AvgIpc) is 2.28. The molecule has 0 amide bonds. The molecule has 1 atom stereocenters.